The fourth-order valence-electron chi connectivity index (χ4n) is 1.93. The Hall–Kier alpha value is -1.49. The molecular formula is C11H13F4N3O3S. The molecule has 1 aliphatic heterocycles. The average molecular weight is 343 g/mol. The molecule has 0 unspecified atom stereocenters. The second kappa shape index (κ2) is 6.32. The van der Waals surface area contributed by atoms with Crippen molar-refractivity contribution in [3.05, 3.63) is 18.2 Å². The summed E-state index contributed by atoms with van der Waals surface area (Å²) in [4.78, 5) is 7.15. The van der Waals surface area contributed by atoms with Crippen LogP contribution in [0.4, 0.5) is 17.6 Å². The minimum atomic E-state index is -4.52. The minimum absolute atomic E-state index is 0.0616. The van der Waals surface area contributed by atoms with Crippen molar-refractivity contribution in [2.45, 2.75) is 25.1 Å². The molecule has 124 valence electrons. The summed E-state index contributed by atoms with van der Waals surface area (Å²) < 4.78 is 78.8. The number of alkyl halides is 3. The molecule has 11 heteroatoms. The van der Waals surface area contributed by atoms with Crippen molar-refractivity contribution in [2.75, 3.05) is 18.8 Å². The number of aromatic nitrogens is 2. The molecular weight excluding hydrogens is 330 g/mol. The highest BCUT2D eigenvalue weighted by Gasteiger charge is 2.36. The van der Waals surface area contributed by atoms with E-state index in [1.54, 1.807) is 0 Å². The fraction of sp³-hybridized carbons (Fsp3) is 0.636. The molecule has 0 bridgehead atoms. The van der Waals surface area contributed by atoms with Crippen molar-refractivity contribution in [1.29, 1.82) is 0 Å². The quantitative estimate of drug-likeness (QED) is 0.755. The van der Waals surface area contributed by atoms with Crippen molar-refractivity contribution < 1.29 is 30.7 Å². The Kier molecular flexibility index (Phi) is 4.85. The number of hydrogen-bond acceptors (Lipinski definition) is 5. The van der Waals surface area contributed by atoms with E-state index in [1.165, 1.54) is 0 Å². The Balaban J connectivity index is 1.90. The van der Waals surface area contributed by atoms with Gasteiger partial charge in [0.15, 0.2) is 5.82 Å². The molecule has 1 aromatic rings. The summed E-state index contributed by atoms with van der Waals surface area (Å²) in [6, 6.07) is -0.110. The largest absolute Gasteiger partial charge is 0.459 e. The van der Waals surface area contributed by atoms with Gasteiger partial charge in [-0.1, -0.05) is 0 Å². The van der Waals surface area contributed by atoms with Crippen LogP contribution in [0.2, 0.25) is 0 Å². The Morgan fingerprint density at radius 3 is 2.55 bits per heavy atom. The summed E-state index contributed by atoms with van der Waals surface area (Å²) in [5, 5.41) is 0. The highest BCUT2D eigenvalue weighted by molar-refractivity contribution is 7.89. The van der Waals surface area contributed by atoms with Gasteiger partial charge in [-0.2, -0.15) is 17.5 Å². The zero-order valence-electron chi connectivity index (χ0n) is 11.3. The van der Waals surface area contributed by atoms with Crippen molar-refractivity contribution in [3.63, 3.8) is 0 Å². The van der Waals surface area contributed by atoms with Gasteiger partial charge in [-0.25, -0.2) is 22.8 Å². The highest BCUT2D eigenvalue weighted by Crippen LogP contribution is 2.23. The van der Waals surface area contributed by atoms with Crippen LogP contribution in [-0.4, -0.2) is 53.8 Å². The molecule has 1 aliphatic rings. The van der Waals surface area contributed by atoms with E-state index >= 15 is 0 Å². The summed E-state index contributed by atoms with van der Waals surface area (Å²) in [5.41, 5.74) is 0. The van der Waals surface area contributed by atoms with Gasteiger partial charge in [0.2, 0.25) is 10.0 Å². The molecule has 0 saturated carbocycles. The maximum Gasteiger partial charge on any atom is 0.390 e. The van der Waals surface area contributed by atoms with E-state index in [9.17, 15) is 26.0 Å². The van der Waals surface area contributed by atoms with Crippen molar-refractivity contribution in [3.8, 4) is 6.01 Å². The smallest absolute Gasteiger partial charge is 0.390 e. The molecule has 0 spiro atoms. The number of rotatable bonds is 5. The Morgan fingerprint density at radius 2 is 1.95 bits per heavy atom. The van der Waals surface area contributed by atoms with Crippen LogP contribution in [0.5, 0.6) is 6.01 Å². The van der Waals surface area contributed by atoms with Gasteiger partial charge in [0.1, 0.15) is 6.10 Å². The van der Waals surface area contributed by atoms with Crippen LogP contribution in [0.1, 0.15) is 12.8 Å². The lowest BCUT2D eigenvalue weighted by molar-refractivity contribution is -0.130. The van der Waals surface area contributed by atoms with E-state index in [4.69, 9.17) is 4.74 Å². The van der Waals surface area contributed by atoms with E-state index in [2.05, 4.69) is 9.97 Å². The van der Waals surface area contributed by atoms with Crippen LogP contribution < -0.4 is 4.74 Å². The van der Waals surface area contributed by atoms with E-state index in [-0.39, 0.29) is 19.1 Å². The average Bonchev–Trinajstić information content (AvgIpc) is 2.88. The molecule has 1 atom stereocenters. The van der Waals surface area contributed by atoms with Crippen molar-refractivity contribution in [2.24, 2.45) is 0 Å². The summed E-state index contributed by atoms with van der Waals surface area (Å²) in [6.07, 6.45) is -4.40. The van der Waals surface area contributed by atoms with Crippen molar-refractivity contribution >= 4 is 10.0 Å². The molecule has 22 heavy (non-hydrogen) atoms. The molecule has 0 N–H and O–H groups in total. The van der Waals surface area contributed by atoms with Gasteiger partial charge in [0.05, 0.1) is 31.1 Å². The Labute approximate surface area is 124 Å². The topological polar surface area (TPSA) is 72.4 Å². The van der Waals surface area contributed by atoms with Crippen LogP contribution in [0.25, 0.3) is 0 Å². The molecule has 1 aromatic heterocycles. The maximum atomic E-state index is 12.6. The van der Waals surface area contributed by atoms with Gasteiger partial charge in [0.25, 0.3) is 0 Å². The second-order valence-electron chi connectivity index (χ2n) is 4.75. The van der Waals surface area contributed by atoms with Crippen LogP contribution in [0.15, 0.2) is 12.4 Å². The first-order valence-electron chi connectivity index (χ1n) is 6.34. The molecule has 2 rings (SSSR count). The lowest BCUT2D eigenvalue weighted by Crippen LogP contribution is -2.34. The molecule has 0 amide bonds. The SMILES string of the molecule is O=S(=O)(CCC(F)(F)F)N1CC[C@H](Oc2ncc(F)cn2)C1. The third-order valence-corrected chi connectivity index (χ3v) is 4.85. The predicted octanol–water partition coefficient (Wildman–Crippen LogP) is 1.35. The highest BCUT2D eigenvalue weighted by atomic mass is 32.2. The van der Waals surface area contributed by atoms with E-state index in [0.29, 0.717) is 6.42 Å². The van der Waals surface area contributed by atoms with Crippen LogP contribution >= 0.6 is 0 Å². The van der Waals surface area contributed by atoms with E-state index in [1.807, 2.05) is 0 Å². The summed E-state index contributed by atoms with van der Waals surface area (Å²) in [5.74, 6) is -1.63. The molecule has 2 heterocycles. The second-order valence-corrected chi connectivity index (χ2v) is 6.84. The van der Waals surface area contributed by atoms with E-state index < -0.39 is 40.3 Å². The van der Waals surface area contributed by atoms with Gasteiger partial charge in [-0.05, 0) is 6.42 Å². The zero-order valence-corrected chi connectivity index (χ0v) is 12.1. The standard InChI is InChI=1S/C11H13F4N3O3S/c12-8-5-16-10(17-6-8)21-9-1-3-18(7-9)22(19,20)4-2-11(13,14)15/h5-6,9H,1-4,7H2/t9-/m0/s1. The van der Waals surface area contributed by atoms with Gasteiger partial charge < -0.3 is 4.74 Å². The number of ether oxygens (including phenoxy) is 1. The third kappa shape index (κ3) is 4.77. The molecule has 0 aliphatic carbocycles. The van der Waals surface area contributed by atoms with Crippen LogP contribution in [0.3, 0.4) is 0 Å². The zero-order chi connectivity index (χ0) is 16.4. The fourth-order valence-corrected chi connectivity index (χ4v) is 3.46. The molecule has 6 nitrogen and oxygen atoms in total. The third-order valence-electron chi connectivity index (χ3n) is 3.01. The lowest BCUT2D eigenvalue weighted by atomic mass is 10.3. The first-order chi connectivity index (χ1) is 10.2. The Morgan fingerprint density at radius 1 is 1.32 bits per heavy atom. The first kappa shape index (κ1) is 16.9. The summed E-state index contributed by atoms with van der Waals surface area (Å²) >= 11 is 0. The van der Waals surface area contributed by atoms with Gasteiger partial charge in [-0.15, -0.1) is 0 Å². The number of hydrogen-bond donors (Lipinski definition) is 0. The lowest BCUT2D eigenvalue weighted by Gasteiger charge is -2.17. The number of sulfonamides is 1. The maximum absolute atomic E-state index is 12.6. The van der Waals surface area contributed by atoms with Gasteiger partial charge in [0, 0.05) is 6.54 Å². The molecule has 1 fully saturated rings. The number of nitrogens with zero attached hydrogens (tertiary/aromatic N) is 3. The van der Waals surface area contributed by atoms with Gasteiger partial charge in [-0.3, -0.25) is 0 Å². The molecule has 1 saturated heterocycles. The van der Waals surface area contributed by atoms with E-state index in [0.717, 1.165) is 16.7 Å². The Bertz CT molecular complexity index is 606. The predicted molar refractivity (Wildman–Crippen MR) is 67.1 cm³/mol. The molecule has 0 radical (unpaired) electrons. The first-order valence-corrected chi connectivity index (χ1v) is 7.95. The molecule has 0 aromatic carbocycles. The monoisotopic (exact) mass is 343 g/mol. The summed E-state index contributed by atoms with van der Waals surface area (Å²) in [6.45, 7) is -0.0209. The van der Waals surface area contributed by atoms with Crippen LogP contribution in [0, 0.1) is 5.82 Å². The summed E-state index contributed by atoms with van der Waals surface area (Å²) in [7, 11) is -3.99. The normalized spacial score (nSPS) is 20.3. The van der Waals surface area contributed by atoms with Crippen molar-refractivity contribution in [1.82, 2.24) is 14.3 Å². The van der Waals surface area contributed by atoms with Crippen LogP contribution in [-0.2, 0) is 10.0 Å². The van der Waals surface area contributed by atoms with Gasteiger partial charge >= 0.3 is 12.2 Å². The number of halogens is 4. The minimum Gasteiger partial charge on any atom is -0.459 e.